The highest BCUT2D eigenvalue weighted by molar-refractivity contribution is 8.14. The Morgan fingerprint density at radius 2 is 1.70 bits per heavy atom. The van der Waals surface area contributed by atoms with E-state index in [1.165, 1.54) is 28.8 Å². The Bertz CT molecular complexity index is 1520. The number of primary sulfonamides is 1. The quantitative estimate of drug-likeness (QED) is 0.482. The molecule has 2 aliphatic rings. The van der Waals surface area contributed by atoms with Crippen LogP contribution in [-0.2, 0) is 26.0 Å². The van der Waals surface area contributed by atoms with Crippen molar-refractivity contribution in [1.29, 1.82) is 0 Å². The monoisotopic (exact) mass is 533 g/mol. The van der Waals surface area contributed by atoms with E-state index in [0.717, 1.165) is 16.7 Å². The van der Waals surface area contributed by atoms with Gasteiger partial charge in [0.25, 0.3) is 5.91 Å². The number of sulfonamides is 1. The number of amidine groups is 2. The third-order valence-electron chi connectivity index (χ3n) is 5.91. The van der Waals surface area contributed by atoms with Gasteiger partial charge in [0, 0.05) is 12.1 Å². The number of carbonyl (C=O) groups excluding carboxylic acids is 2. The molecule has 0 unspecified atom stereocenters. The normalized spacial score (nSPS) is 16.5. The van der Waals surface area contributed by atoms with Gasteiger partial charge < -0.3 is 5.32 Å². The zero-order valence-corrected chi connectivity index (χ0v) is 21.2. The van der Waals surface area contributed by atoms with Gasteiger partial charge in [-0.25, -0.2) is 28.4 Å². The lowest BCUT2D eigenvalue weighted by atomic mass is 10.1. The molecule has 0 aliphatic carbocycles. The number of hydrogen-bond donors (Lipinski definition) is 2. The molecule has 2 aliphatic heterocycles. The molecule has 37 heavy (non-hydrogen) atoms. The van der Waals surface area contributed by atoms with Crippen molar-refractivity contribution in [1.82, 2.24) is 10.2 Å². The van der Waals surface area contributed by atoms with E-state index in [2.05, 4.69) is 10.3 Å². The van der Waals surface area contributed by atoms with Crippen molar-refractivity contribution in [2.45, 2.75) is 17.4 Å². The van der Waals surface area contributed by atoms with Crippen LogP contribution in [-0.4, -0.2) is 48.4 Å². The Morgan fingerprint density at radius 3 is 2.43 bits per heavy atom. The van der Waals surface area contributed by atoms with Gasteiger partial charge in [-0.05, 0) is 41.8 Å². The summed E-state index contributed by atoms with van der Waals surface area (Å²) in [5.41, 5.74) is 3.14. The number of nitrogens with zero attached hydrogens (tertiary/aromatic N) is 3. The number of rotatable bonds is 7. The molecule has 2 amide bonds. The first-order chi connectivity index (χ1) is 17.8. The predicted octanol–water partition coefficient (Wildman–Crippen LogP) is 2.76. The van der Waals surface area contributed by atoms with Crippen molar-refractivity contribution in [3.8, 4) is 0 Å². The maximum Gasteiger partial charge on any atom is 0.263 e. The maximum absolute atomic E-state index is 13.4. The molecular weight excluding hydrogens is 510 g/mol. The number of thioether (sulfide) groups is 1. The Kier molecular flexibility index (Phi) is 6.92. The summed E-state index contributed by atoms with van der Waals surface area (Å²) < 4.78 is 22.7. The molecule has 0 aromatic heterocycles. The number of nitrogens with two attached hydrogens (primary N) is 1. The molecule has 188 valence electrons. The fourth-order valence-corrected chi connectivity index (χ4v) is 5.42. The minimum atomic E-state index is -3.74. The number of fused-ring (bicyclic) bond motifs is 3. The molecule has 11 heteroatoms. The van der Waals surface area contributed by atoms with Crippen LogP contribution in [0.2, 0.25) is 0 Å². The molecule has 0 saturated carbocycles. The summed E-state index contributed by atoms with van der Waals surface area (Å²) in [4.78, 5) is 36.9. The van der Waals surface area contributed by atoms with Crippen LogP contribution in [0.15, 0.2) is 93.7 Å². The van der Waals surface area contributed by atoms with E-state index in [-0.39, 0.29) is 22.5 Å². The first-order valence-corrected chi connectivity index (χ1v) is 14.0. The summed E-state index contributed by atoms with van der Waals surface area (Å²) in [5.74, 6) is 0.191. The van der Waals surface area contributed by atoms with Gasteiger partial charge in [-0.1, -0.05) is 66.4 Å². The van der Waals surface area contributed by atoms with Crippen LogP contribution in [0.1, 0.15) is 22.7 Å². The Morgan fingerprint density at radius 1 is 1.00 bits per heavy atom. The number of carbonyl (C=O) groups is 2. The number of nitrogens with one attached hydrogen (secondary N) is 1. The number of benzene rings is 3. The highest BCUT2D eigenvalue weighted by Gasteiger charge is 2.42. The second-order valence-corrected chi connectivity index (χ2v) is 10.9. The fourth-order valence-electron chi connectivity index (χ4n) is 4.07. The van der Waals surface area contributed by atoms with Gasteiger partial charge >= 0.3 is 0 Å². The molecular formula is C26H23N5O4S2. The molecule has 3 N–H and O–H groups in total. The van der Waals surface area contributed by atoms with E-state index in [0.29, 0.717) is 29.7 Å². The lowest BCUT2D eigenvalue weighted by molar-refractivity contribution is -0.124. The second kappa shape index (κ2) is 10.3. The Labute approximate surface area is 218 Å². The minimum absolute atomic E-state index is 0.0420. The van der Waals surface area contributed by atoms with Crippen molar-refractivity contribution < 1.29 is 18.0 Å². The zero-order chi connectivity index (χ0) is 26.0. The highest BCUT2D eigenvalue weighted by atomic mass is 32.2. The van der Waals surface area contributed by atoms with Crippen LogP contribution < -0.4 is 10.5 Å². The lowest BCUT2D eigenvalue weighted by Gasteiger charge is -2.25. The molecule has 0 saturated heterocycles. The molecule has 0 fully saturated rings. The van der Waals surface area contributed by atoms with E-state index in [4.69, 9.17) is 10.1 Å². The van der Waals surface area contributed by atoms with Gasteiger partial charge in [0.1, 0.15) is 5.84 Å². The molecule has 5 rings (SSSR count). The molecule has 2 heterocycles. The summed E-state index contributed by atoms with van der Waals surface area (Å²) in [5, 5.41) is 8.38. The minimum Gasteiger partial charge on any atom is -0.355 e. The molecule has 0 radical (unpaired) electrons. The van der Waals surface area contributed by atoms with Crippen molar-refractivity contribution in [2.75, 3.05) is 12.3 Å². The van der Waals surface area contributed by atoms with Crippen LogP contribution in [0.5, 0.6) is 0 Å². The van der Waals surface area contributed by atoms with Crippen LogP contribution >= 0.6 is 11.8 Å². The van der Waals surface area contributed by atoms with Crippen LogP contribution in [0.25, 0.3) is 0 Å². The summed E-state index contributed by atoms with van der Waals surface area (Å²) >= 11 is 1.18. The Balaban J connectivity index is 1.24. The topological polar surface area (TPSA) is 134 Å². The van der Waals surface area contributed by atoms with Gasteiger partial charge in [0.05, 0.1) is 16.3 Å². The average Bonchev–Trinajstić information content (AvgIpc) is 3.25. The molecule has 0 bridgehead atoms. The van der Waals surface area contributed by atoms with Gasteiger partial charge in [-0.2, -0.15) is 0 Å². The Hall–Kier alpha value is -3.80. The molecule has 3 aromatic rings. The maximum atomic E-state index is 13.4. The second-order valence-electron chi connectivity index (χ2n) is 8.43. The fraction of sp³-hybridized carbons (Fsp3) is 0.154. The van der Waals surface area contributed by atoms with E-state index >= 15 is 0 Å². The lowest BCUT2D eigenvalue weighted by Crippen LogP contribution is -2.40. The van der Waals surface area contributed by atoms with Crippen molar-refractivity contribution >= 4 is 50.3 Å². The smallest absolute Gasteiger partial charge is 0.263 e. The molecule has 9 nitrogen and oxygen atoms in total. The third-order valence-corrected chi connectivity index (χ3v) is 7.77. The van der Waals surface area contributed by atoms with E-state index in [1.807, 2.05) is 54.6 Å². The van der Waals surface area contributed by atoms with Gasteiger partial charge in [-0.3, -0.25) is 9.59 Å². The SMILES string of the molecule is NS(=O)(=O)c1ccc(CCNC(=O)CSC2=Nc3ccccc3C3=N[C@H](c4ccccc4)C(=O)N23)cc1. The summed E-state index contributed by atoms with van der Waals surface area (Å²) in [6, 6.07) is 22.4. The predicted molar refractivity (Wildman–Crippen MR) is 143 cm³/mol. The largest absolute Gasteiger partial charge is 0.355 e. The summed E-state index contributed by atoms with van der Waals surface area (Å²) in [6.45, 7) is 0.370. The van der Waals surface area contributed by atoms with E-state index < -0.39 is 16.1 Å². The number of aliphatic imine (C=N–C) groups is 2. The van der Waals surface area contributed by atoms with Crippen molar-refractivity contribution in [3.63, 3.8) is 0 Å². The van der Waals surface area contributed by atoms with Crippen molar-refractivity contribution in [2.24, 2.45) is 15.1 Å². The van der Waals surface area contributed by atoms with E-state index in [9.17, 15) is 18.0 Å². The van der Waals surface area contributed by atoms with Gasteiger partial charge in [0.15, 0.2) is 11.2 Å². The van der Waals surface area contributed by atoms with E-state index in [1.54, 1.807) is 12.1 Å². The first-order valence-electron chi connectivity index (χ1n) is 11.5. The number of amides is 2. The standard InChI is InChI=1S/C26H23N5O4S2/c27-37(34,35)19-12-10-17(11-13-19)14-15-28-22(32)16-36-26-29-21-9-5-4-8-20(21)24-30-23(25(33)31(24)26)18-6-2-1-3-7-18/h1-13,23H,14-16H2,(H,28,32)(H2,27,34,35)/t23-/m1/s1. The van der Waals surface area contributed by atoms with Crippen LogP contribution in [0, 0.1) is 0 Å². The van der Waals surface area contributed by atoms with Gasteiger partial charge in [0.2, 0.25) is 15.9 Å². The third kappa shape index (κ3) is 5.33. The summed E-state index contributed by atoms with van der Waals surface area (Å²) in [6.07, 6.45) is 0.524. The highest BCUT2D eigenvalue weighted by Crippen LogP contribution is 2.37. The van der Waals surface area contributed by atoms with Crippen LogP contribution in [0.4, 0.5) is 5.69 Å². The van der Waals surface area contributed by atoms with Gasteiger partial charge in [-0.15, -0.1) is 0 Å². The van der Waals surface area contributed by atoms with Crippen molar-refractivity contribution in [3.05, 3.63) is 95.6 Å². The molecule has 0 spiro atoms. The first kappa shape index (κ1) is 24.9. The molecule has 1 atom stereocenters. The molecule has 3 aromatic carbocycles. The zero-order valence-electron chi connectivity index (χ0n) is 19.6. The number of para-hydroxylation sites is 1. The average molecular weight is 534 g/mol. The van der Waals surface area contributed by atoms with Crippen LogP contribution in [0.3, 0.4) is 0 Å². The summed E-state index contributed by atoms with van der Waals surface area (Å²) in [7, 11) is -3.74. The number of hydrogen-bond acceptors (Lipinski definition) is 7.